The summed E-state index contributed by atoms with van der Waals surface area (Å²) in [7, 11) is 0. The molecule has 0 spiro atoms. The molecule has 1 heterocycles. The third-order valence-electron chi connectivity index (χ3n) is 4.45. The normalized spacial score (nSPS) is 11.5. The molecule has 0 aliphatic rings. The first-order valence-electron chi connectivity index (χ1n) is 10.1. The van der Waals surface area contributed by atoms with Crippen LogP contribution in [0.2, 0.25) is 0 Å². The molecule has 1 rings (SSSR count). The Labute approximate surface area is 148 Å². The molecule has 0 atom stereocenters. The van der Waals surface area contributed by atoms with Crippen LogP contribution >= 0.6 is 0 Å². The number of hydrogen-bond acceptors (Lipinski definition) is 3. The molecule has 0 amide bonds. The molecule has 138 valence electrons. The van der Waals surface area contributed by atoms with Crippen LogP contribution in [-0.4, -0.2) is 14.8 Å². The second-order valence-electron chi connectivity index (χ2n) is 6.80. The van der Waals surface area contributed by atoms with Crippen LogP contribution in [0.15, 0.2) is 18.5 Å². The summed E-state index contributed by atoms with van der Waals surface area (Å²) < 4.78 is 1.84. The van der Waals surface area contributed by atoms with Gasteiger partial charge in [-0.1, -0.05) is 76.9 Å². The summed E-state index contributed by atoms with van der Waals surface area (Å²) in [4.78, 5) is 3.93. The second kappa shape index (κ2) is 15.2. The number of aryl methyl sites for hydroxylation is 1. The number of nitrogen functional groups attached to an aromatic ring is 1. The number of hydrogen-bond donors (Lipinski definition) is 1. The van der Waals surface area contributed by atoms with E-state index in [-0.39, 0.29) is 0 Å². The van der Waals surface area contributed by atoms with Gasteiger partial charge in [0.25, 0.3) is 0 Å². The van der Waals surface area contributed by atoms with E-state index in [4.69, 9.17) is 5.73 Å². The summed E-state index contributed by atoms with van der Waals surface area (Å²) in [5, 5.41) is 4.09. The standard InChI is InChI=1S/C20H38N4/c1-2-3-4-5-6-7-8-9-10-11-12-13-14-15-16-17-18-24-19-22-20(21)23-24/h9-10,19H,2-8,11-18H2,1H3,(H2,21,23)/b10-9-. The SMILES string of the molecule is CCCCCCCC/C=C\CCCCCCCCn1cnc(N)n1. The average molecular weight is 335 g/mol. The molecule has 0 unspecified atom stereocenters. The van der Waals surface area contributed by atoms with E-state index >= 15 is 0 Å². The van der Waals surface area contributed by atoms with E-state index in [1.807, 2.05) is 4.68 Å². The van der Waals surface area contributed by atoms with Gasteiger partial charge in [0, 0.05) is 6.54 Å². The number of anilines is 1. The molecule has 0 aliphatic heterocycles. The maximum Gasteiger partial charge on any atom is 0.239 e. The van der Waals surface area contributed by atoms with E-state index < -0.39 is 0 Å². The van der Waals surface area contributed by atoms with Gasteiger partial charge in [-0.25, -0.2) is 4.98 Å². The highest BCUT2D eigenvalue weighted by atomic mass is 15.3. The van der Waals surface area contributed by atoms with Crippen LogP contribution in [0.3, 0.4) is 0 Å². The summed E-state index contributed by atoms with van der Waals surface area (Å²) >= 11 is 0. The van der Waals surface area contributed by atoms with Gasteiger partial charge >= 0.3 is 0 Å². The predicted octanol–water partition coefficient (Wildman–Crippen LogP) is 5.90. The molecular formula is C20H38N4. The number of unbranched alkanes of at least 4 members (excludes halogenated alkanes) is 12. The molecule has 1 aromatic rings. The summed E-state index contributed by atoms with van der Waals surface area (Å²) in [6.07, 6.45) is 25.2. The maximum absolute atomic E-state index is 5.49. The Morgan fingerprint density at radius 1 is 0.833 bits per heavy atom. The van der Waals surface area contributed by atoms with E-state index in [9.17, 15) is 0 Å². The molecule has 0 saturated heterocycles. The minimum Gasteiger partial charge on any atom is -0.367 e. The summed E-state index contributed by atoms with van der Waals surface area (Å²) in [6, 6.07) is 0. The first-order valence-corrected chi connectivity index (χ1v) is 10.1. The Hall–Kier alpha value is -1.32. The molecule has 1 aromatic heterocycles. The monoisotopic (exact) mass is 334 g/mol. The van der Waals surface area contributed by atoms with Crippen LogP contribution in [0, 0.1) is 0 Å². The lowest BCUT2D eigenvalue weighted by molar-refractivity contribution is 0.525. The maximum atomic E-state index is 5.49. The van der Waals surface area contributed by atoms with Gasteiger partial charge in [-0.05, 0) is 32.1 Å². The molecule has 0 aromatic carbocycles. The van der Waals surface area contributed by atoms with E-state index in [0.717, 1.165) is 6.54 Å². The lowest BCUT2D eigenvalue weighted by Gasteiger charge is -2.01. The topological polar surface area (TPSA) is 56.7 Å². The Morgan fingerprint density at radius 3 is 1.92 bits per heavy atom. The van der Waals surface area contributed by atoms with E-state index in [1.54, 1.807) is 6.33 Å². The number of allylic oxidation sites excluding steroid dienone is 2. The number of nitrogens with two attached hydrogens (primary N) is 1. The van der Waals surface area contributed by atoms with Gasteiger partial charge in [0.1, 0.15) is 6.33 Å². The summed E-state index contributed by atoms with van der Waals surface area (Å²) in [5.41, 5.74) is 5.49. The molecule has 4 heteroatoms. The Kier molecular flexibility index (Phi) is 13.1. The van der Waals surface area contributed by atoms with Crippen LogP contribution in [0.5, 0.6) is 0 Å². The fourth-order valence-electron chi connectivity index (χ4n) is 2.94. The summed E-state index contributed by atoms with van der Waals surface area (Å²) in [5.74, 6) is 0.375. The fraction of sp³-hybridized carbons (Fsp3) is 0.800. The average Bonchev–Trinajstić information content (AvgIpc) is 3.00. The van der Waals surface area contributed by atoms with Crippen molar-refractivity contribution in [1.82, 2.24) is 14.8 Å². The Balaban J connectivity index is 1.76. The fourth-order valence-corrected chi connectivity index (χ4v) is 2.94. The zero-order chi connectivity index (χ0) is 17.3. The van der Waals surface area contributed by atoms with E-state index in [2.05, 4.69) is 29.2 Å². The van der Waals surface area contributed by atoms with Crippen LogP contribution < -0.4 is 5.73 Å². The minimum absolute atomic E-state index is 0.375. The minimum atomic E-state index is 0.375. The van der Waals surface area contributed by atoms with Gasteiger partial charge in [-0.15, -0.1) is 5.10 Å². The van der Waals surface area contributed by atoms with Crippen molar-refractivity contribution >= 4 is 5.95 Å². The highest BCUT2D eigenvalue weighted by molar-refractivity contribution is 5.09. The molecule has 2 N–H and O–H groups in total. The molecule has 0 radical (unpaired) electrons. The molecule has 0 fully saturated rings. The van der Waals surface area contributed by atoms with Crippen LogP contribution in [-0.2, 0) is 6.54 Å². The first kappa shape index (κ1) is 20.7. The lowest BCUT2D eigenvalue weighted by atomic mass is 10.1. The lowest BCUT2D eigenvalue weighted by Crippen LogP contribution is -1.99. The highest BCUT2D eigenvalue weighted by Gasteiger charge is 1.96. The third-order valence-corrected chi connectivity index (χ3v) is 4.45. The van der Waals surface area contributed by atoms with E-state index in [1.165, 1.54) is 89.9 Å². The zero-order valence-electron chi connectivity index (χ0n) is 15.8. The van der Waals surface area contributed by atoms with Crippen LogP contribution in [0.4, 0.5) is 5.95 Å². The van der Waals surface area contributed by atoms with Crippen molar-refractivity contribution in [2.24, 2.45) is 0 Å². The quantitative estimate of drug-likeness (QED) is 0.302. The van der Waals surface area contributed by atoms with Crippen LogP contribution in [0.1, 0.15) is 96.8 Å². The third kappa shape index (κ3) is 12.1. The molecule has 0 bridgehead atoms. The smallest absolute Gasteiger partial charge is 0.239 e. The van der Waals surface area contributed by atoms with Gasteiger partial charge < -0.3 is 5.73 Å². The number of rotatable bonds is 16. The van der Waals surface area contributed by atoms with Gasteiger partial charge in [0.15, 0.2) is 0 Å². The number of nitrogens with zero attached hydrogens (tertiary/aromatic N) is 3. The van der Waals surface area contributed by atoms with Crippen molar-refractivity contribution in [3.8, 4) is 0 Å². The Morgan fingerprint density at radius 2 is 1.38 bits per heavy atom. The molecular weight excluding hydrogens is 296 g/mol. The van der Waals surface area contributed by atoms with Crippen molar-refractivity contribution in [1.29, 1.82) is 0 Å². The molecule has 4 nitrogen and oxygen atoms in total. The van der Waals surface area contributed by atoms with Gasteiger partial charge in [-0.3, -0.25) is 4.68 Å². The van der Waals surface area contributed by atoms with Gasteiger partial charge in [0.2, 0.25) is 5.95 Å². The highest BCUT2D eigenvalue weighted by Crippen LogP contribution is 2.10. The predicted molar refractivity (Wildman–Crippen MR) is 104 cm³/mol. The largest absolute Gasteiger partial charge is 0.367 e. The Bertz CT molecular complexity index is 412. The van der Waals surface area contributed by atoms with Crippen molar-refractivity contribution < 1.29 is 0 Å². The van der Waals surface area contributed by atoms with Crippen molar-refractivity contribution in [2.45, 2.75) is 103 Å². The molecule has 0 aliphatic carbocycles. The molecule has 0 saturated carbocycles. The molecule has 24 heavy (non-hydrogen) atoms. The van der Waals surface area contributed by atoms with Gasteiger partial charge in [0.05, 0.1) is 0 Å². The zero-order valence-corrected chi connectivity index (χ0v) is 15.8. The van der Waals surface area contributed by atoms with Crippen molar-refractivity contribution in [3.63, 3.8) is 0 Å². The van der Waals surface area contributed by atoms with Gasteiger partial charge in [-0.2, -0.15) is 0 Å². The summed E-state index contributed by atoms with van der Waals surface area (Å²) in [6.45, 7) is 3.21. The van der Waals surface area contributed by atoms with Crippen LogP contribution in [0.25, 0.3) is 0 Å². The first-order chi connectivity index (χ1) is 11.8. The van der Waals surface area contributed by atoms with Crippen molar-refractivity contribution in [3.05, 3.63) is 18.5 Å². The number of aromatic nitrogens is 3. The second-order valence-corrected chi connectivity index (χ2v) is 6.80. The van der Waals surface area contributed by atoms with E-state index in [0.29, 0.717) is 5.95 Å². The van der Waals surface area contributed by atoms with Crippen molar-refractivity contribution in [2.75, 3.05) is 5.73 Å².